The van der Waals surface area contributed by atoms with Crippen molar-refractivity contribution < 1.29 is 4.79 Å². The first kappa shape index (κ1) is 14.6. The van der Waals surface area contributed by atoms with E-state index in [1.165, 1.54) is 45.2 Å². The molecule has 1 aliphatic carbocycles. The van der Waals surface area contributed by atoms with E-state index in [9.17, 15) is 4.79 Å². The van der Waals surface area contributed by atoms with E-state index < -0.39 is 0 Å². The lowest BCUT2D eigenvalue weighted by Gasteiger charge is -2.41. The second-order valence-corrected chi connectivity index (χ2v) is 6.55. The van der Waals surface area contributed by atoms with Crippen LogP contribution < -0.4 is 5.73 Å². The topological polar surface area (TPSA) is 46.3 Å². The fourth-order valence-corrected chi connectivity index (χ4v) is 4.34. The molecule has 2 N–H and O–H groups in total. The van der Waals surface area contributed by atoms with Crippen LogP contribution in [0.15, 0.2) is 30.3 Å². The van der Waals surface area contributed by atoms with Gasteiger partial charge in [-0.25, -0.2) is 0 Å². The first-order chi connectivity index (χ1) is 10.3. The molecule has 3 heteroatoms. The Morgan fingerprint density at radius 2 is 1.71 bits per heavy atom. The third kappa shape index (κ3) is 3.13. The average Bonchev–Trinajstić information content (AvgIpc) is 3.03. The van der Waals surface area contributed by atoms with Crippen LogP contribution in [-0.4, -0.2) is 29.9 Å². The Balaban J connectivity index is 1.87. The number of carbonyl (C=O) groups is 1. The summed E-state index contributed by atoms with van der Waals surface area (Å²) in [5.74, 6) is 0.103. The number of carbonyl (C=O) groups excluding carboxylic acids is 1. The molecule has 1 amide bonds. The summed E-state index contributed by atoms with van der Waals surface area (Å²) in [6, 6.07) is 10.7. The highest BCUT2D eigenvalue weighted by Gasteiger charge is 2.39. The van der Waals surface area contributed by atoms with Crippen LogP contribution in [0.25, 0.3) is 0 Å². The molecular weight excluding hydrogens is 260 g/mol. The van der Waals surface area contributed by atoms with Crippen LogP contribution in [0.4, 0.5) is 0 Å². The Kier molecular flexibility index (Phi) is 4.59. The number of primary amides is 1. The quantitative estimate of drug-likeness (QED) is 0.925. The summed E-state index contributed by atoms with van der Waals surface area (Å²) in [6.07, 6.45) is 7.47. The molecule has 1 saturated carbocycles. The number of likely N-dealkylation sites (tertiary alicyclic amines) is 1. The van der Waals surface area contributed by atoms with Crippen molar-refractivity contribution in [2.75, 3.05) is 13.1 Å². The fourth-order valence-electron chi connectivity index (χ4n) is 4.34. The molecule has 0 radical (unpaired) electrons. The lowest BCUT2D eigenvalue weighted by molar-refractivity contribution is -0.121. The minimum absolute atomic E-state index is 0.128. The zero-order valence-electron chi connectivity index (χ0n) is 12.7. The minimum Gasteiger partial charge on any atom is -0.369 e. The number of nitrogens with zero attached hydrogens (tertiary/aromatic N) is 1. The molecule has 0 aromatic heterocycles. The van der Waals surface area contributed by atoms with Gasteiger partial charge in [-0.2, -0.15) is 0 Å². The first-order valence-corrected chi connectivity index (χ1v) is 8.35. The Labute approximate surface area is 127 Å². The smallest absolute Gasteiger partial charge is 0.225 e. The molecule has 21 heavy (non-hydrogen) atoms. The zero-order valence-corrected chi connectivity index (χ0v) is 12.7. The maximum absolute atomic E-state index is 12.2. The molecule has 1 aromatic rings. The molecule has 3 unspecified atom stereocenters. The molecule has 114 valence electrons. The molecule has 0 bridgehead atoms. The summed E-state index contributed by atoms with van der Waals surface area (Å²) in [5, 5.41) is 0. The van der Waals surface area contributed by atoms with Crippen LogP contribution in [0.1, 0.15) is 50.0 Å². The molecule has 3 rings (SSSR count). The van der Waals surface area contributed by atoms with Gasteiger partial charge in [0.2, 0.25) is 5.91 Å². The van der Waals surface area contributed by atoms with Crippen molar-refractivity contribution in [1.29, 1.82) is 0 Å². The maximum atomic E-state index is 12.2. The second kappa shape index (κ2) is 6.61. The van der Waals surface area contributed by atoms with Gasteiger partial charge in [-0.3, -0.25) is 4.79 Å². The monoisotopic (exact) mass is 286 g/mol. The van der Waals surface area contributed by atoms with Gasteiger partial charge in [-0.1, -0.05) is 43.2 Å². The van der Waals surface area contributed by atoms with Gasteiger partial charge in [0.05, 0.1) is 5.92 Å². The standard InChI is InChI=1S/C18H26N2O/c19-18(21)17(14-8-2-1-3-9-14)15-10-4-5-11-16(15)20-12-6-7-13-20/h1-3,8-9,15-17H,4-7,10-13H2,(H2,19,21). The molecule has 1 aromatic carbocycles. The zero-order chi connectivity index (χ0) is 14.7. The predicted octanol–water partition coefficient (Wildman–Crippen LogP) is 2.91. The lowest BCUT2D eigenvalue weighted by atomic mass is 9.73. The molecule has 1 saturated heterocycles. The summed E-state index contributed by atoms with van der Waals surface area (Å²) >= 11 is 0. The molecule has 2 fully saturated rings. The summed E-state index contributed by atoms with van der Waals surface area (Å²) in [5.41, 5.74) is 6.90. The Morgan fingerprint density at radius 1 is 1.05 bits per heavy atom. The summed E-state index contributed by atoms with van der Waals surface area (Å²) < 4.78 is 0. The average molecular weight is 286 g/mol. The van der Waals surface area contributed by atoms with Gasteiger partial charge in [-0.05, 0) is 50.3 Å². The number of hydrogen-bond acceptors (Lipinski definition) is 2. The SMILES string of the molecule is NC(=O)C(c1ccccc1)C1CCCCC1N1CCCC1. The molecule has 0 spiro atoms. The van der Waals surface area contributed by atoms with Gasteiger partial charge in [-0.15, -0.1) is 0 Å². The molecule has 3 nitrogen and oxygen atoms in total. The van der Waals surface area contributed by atoms with Crippen molar-refractivity contribution in [1.82, 2.24) is 4.90 Å². The van der Waals surface area contributed by atoms with Gasteiger partial charge in [0, 0.05) is 6.04 Å². The van der Waals surface area contributed by atoms with E-state index in [-0.39, 0.29) is 11.8 Å². The third-order valence-electron chi connectivity index (χ3n) is 5.28. The number of hydrogen-bond donors (Lipinski definition) is 1. The molecule has 1 aliphatic heterocycles. The fraction of sp³-hybridized carbons (Fsp3) is 0.611. The predicted molar refractivity (Wildman–Crippen MR) is 84.9 cm³/mol. The van der Waals surface area contributed by atoms with Crippen LogP contribution >= 0.6 is 0 Å². The van der Waals surface area contributed by atoms with Gasteiger partial charge in [0.25, 0.3) is 0 Å². The van der Waals surface area contributed by atoms with Crippen molar-refractivity contribution in [2.24, 2.45) is 11.7 Å². The van der Waals surface area contributed by atoms with Crippen LogP contribution in [0.2, 0.25) is 0 Å². The summed E-state index contributed by atoms with van der Waals surface area (Å²) in [7, 11) is 0. The van der Waals surface area contributed by atoms with E-state index in [4.69, 9.17) is 5.73 Å². The maximum Gasteiger partial charge on any atom is 0.225 e. The van der Waals surface area contributed by atoms with Crippen molar-refractivity contribution in [3.63, 3.8) is 0 Å². The molecule has 3 atom stereocenters. The van der Waals surface area contributed by atoms with Crippen molar-refractivity contribution in [2.45, 2.75) is 50.5 Å². The molecular formula is C18H26N2O. The summed E-state index contributed by atoms with van der Waals surface area (Å²) in [6.45, 7) is 2.39. The Hall–Kier alpha value is -1.35. The molecule has 2 aliphatic rings. The van der Waals surface area contributed by atoms with Gasteiger partial charge in [0.1, 0.15) is 0 Å². The van der Waals surface area contributed by atoms with Crippen LogP contribution in [0, 0.1) is 5.92 Å². The Morgan fingerprint density at radius 3 is 2.38 bits per heavy atom. The van der Waals surface area contributed by atoms with Crippen LogP contribution in [0.3, 0.4) is 0 Å². The van der Waals surface area contributed by atoms with Crippen molar-refractivity contribution in [3.8, 4) is 0 Å². The van der Waals surface area contributed by atoms with E-state index in [2.05, 4.69) is 17.0 Å². The van der Waals surface area contributed by atoms with Gasteiger partial charge in [0.15, 0.2) is 0 Å². The van der Waals surface area contributed by atoms with E-state index in [0.717, 1.165) is 12.0 Å². The number of amides is 1. The largest absolute Gasteiger partial charge is 0.369 e. The van der Waals surface area contributed by atoms with E-state index >= 15 is 0 Å². The highest BCUT2D eigenvalue weighted by Crippen LogP contribution is 2.39. The summed E-state index contributed by atoms with van der Waals surface area (Å²) in [4.78, 5) is 14.8. The van der Waals surface area contributed by atoms with E-state index in [0.29, 0.717) is 12.0 Å². The number of benzene rings is 1. The highest BCUT2D eigenvalue weighted by molar-refractivity contribution is 5.82. The molecule has 1 heterocycles. The number of rotatable bonds is 4. The first-order valence-electron chi connectivity index (χ1n) is 8.35. The van der Waals surface area contributed by atoms with E-state index in [1.807, 2.05) is 18.2 Å². The normalized spacial score (nSPS) is 28.4. The highest BCUT2D eigenvalue weighted by atomic mass is 16.1. The van der Waals surface area contributed by atoms with Crippen molar-refractivity contribution >= 4 is 5.91 Å². The number of nitrogens with two attached hydrogens (primary N) is 1. The lowest BCUT2D eigenvalue weighted by Crippen LogP contribution is -2.45. The third-order valence-corrected chi connectivity index (χ3v) is 5.28. The van der Waals surface area contributed by atoms with Gasteiger partial charge >= 0.3 is 0 Å². The Bertz CT molecular complexity index is 467. The minimum atomic E-state index is -0.155. The second-order valence-electron chi connectivity index (χ2n) is 6.55. The van der Waals surface area contributed by atoms with Crippen LogP contribution in [0.5, 0.6) is 0 Å². The van der Waals surface area contributed by atoms with Gasteiger partial charge < -0.3 is 10.6 Å². The van der Waals surface area contributed by atoms with Crippen molar-refractivity contribution in [3.05, 3.63) is 35.9 Å². The van der Waals surface area contributed by atoms with Crippen LogP contribution in [-0.2, 0) is 4.79 Å². The van der Waals surface area contributed by atoms with E-state index in [1.54, 1.807) is 0 Å².